The molecule has 0 spiro atoms. The zero-order valence-corrected chi connectivity index (χ0v) is 20.6. The molecule has 1 aliphatic heterocycles. The van der Waals surface area contributed by atoms with Gasteiger partial charge in [0.25, 0.3) is 0 Å². The standard InChI is InChI=1S/C28H34N2O5/c1-4-17(2)26(27(33)30-14-18(3)19(15-30)13-25(31)32)29-28(34)35-16-24-22-11-7-5-9-20(22)21-10-6-8-12-23(21)24/h5-12,17-19,24,26H,4,13-16H2,1-3H3,(H,29,34)(H,31,32)/t17?,18-,19-,26?/m1/s1. The normalized spacial score (nSPS) is 20.6. The Morgan fingerprint density at radius 2 is 1.66 bits per heavy atom. The van der Waals surface area contributed by atoms with E-state index in [1.165, 1.54) is 0 Å². The number of hydrogen-bond acceptors (Lipinski definition) is 4. The van der Waals surface area contributed by atoms with Gasteiger partial charge in [0.15, 0.2) is 0 Å². The zero-order chi connectivity index (χ0) is 25.1. The topological polar surface area (TPSA) is 95.9 Å². The zero-order valence-electron chi connectivity index (χ0n) is 20.6. The largest absolute Gasteiger partial charge is 0.481 e. The summed E-state index contributed by atoms with van der Waals surface area (Å²) in [5, 5.41) is 12.0. The fourth-order valence-electron chi connectivity index (χ4n) is 5.35. The highest BCUT2D eigenvalue weighted by molar-refractivity contribution is 5.86. The molecular formula is C28H34N2O5. The van der Waals surface area contributed by atoms with Crippen molar-refractivity contribution in [3.05, 3.63) is 59.7 Å². The molecule has 2 amide bonds. The van der Waals surface area contributed by atoms with Gasteiger partial charge in [-0.25, -0.2) is 4.79 Å². The molecule has 0 aromatic heterocycles. The van der Waals surface area contributed by atoms with Gasteiger partial charge in [-0.1, -0.05) is 75.7 Å². The Labute approximate surface area is 206 Å². The molecular weight excluding hydrogens is 444 g/mol. The number of rotatable bonds is 8. The summed E-state index contributed by atoms with van der Waals surface area (Å²) >= 11 is 0. The van der Waals surface area contributed by atoms with Gasteiger partial charge in [0, 0.05) is 19.0 Å². The van der Waals surface area contributed by atoms with Gasteiger partial charge in [-0.05, 0) is 40.0 Å². The number of ether oxygens (including phenoxy) is 1. The predicted octanol–water partition coefficient (Wildman–Crippen LogP) is 4.51. The van der Waals surface area contributed by atoms with E-state index >= 15 is 0 Å². The highest BCUT2D eigenvalue weighted by atomic mass is 16.5. The van der Waals surface area contributed by atoms with Gasteiger partial charge in [-0.3, -0.25) is 9.59 Å². The van der Waals surface area contributed by atoms with Crippen LogP contribution < -0.4 is 5.32 Å². The van der Waals surface area contributed by atoms with Crippen LogP contribution in [0, 0.1) is 17.8 Å². The fourth-order valence-corrected chi connectivity index (χ4v) is 5.35. The number of amides is 2. The van der Waals surface area contributed by atoms with Gasteiger partial charge >= 0.3 is 12.1 Å². The van der Waals surface area contributed by atoms with Crippen molar-refractivity contribution < 1.29 is 24.2 Å². The van der Waals surface area contributed by atoms with Crippen LogP contribution in [0.15, 0.2) is 48.5 Å². The predicted molar refractivity (Wildman–Crippen MR) is 133 cm³/mol. The summed E-state index contributed by atoms with van der Waals surface area (Å²) in [5.41, 5.74) is 4.57. The Hall–Kier alpha value is -3.35. The van der Waals surface area contributed by atoms with Crippen LogP contribution in [0.1, 0.15) is 50.7 Å². The number of fused-ring (bicyclic) bond motifs is 3. The fraction of sp³-hybridized carbons (Fsp3) is 0.464. The van der Waals surface area contributed by atoms with Crippen LogP contribution in [0.25, 0.3) is 11.1 Å². The Balaban J connectivity index is 1.42. The van der Waals surface area contributed by atoms with Crippen LogP contribution in [0.3, 0.4) is 0 Å². The number of aliphatic carboxylic acids is 1. The lowest BCUT2D eigenvalue weighted by atomic mass is 9.95. The molecule has 0 radical (unpaired) electrons. The molecule has 2 aromatic carbocycles. The molecule has 0 saturated carbocycles. The molecule has 1 fully saturated rings. The Morgan fingerprint density at radius 1 is 1.06 bits per heavy atom. The van der Waals surface area contributed by atoms with Crippen LogP contribution in [0.4, 0.5) is 4.79 Å². The lowest BCUT2D eigenvalue weighted by Gasteiger charge is -2.28. The van der Waals surface area contributed by atoms with E-state index in [1.54, 1.807) is 4.90 Å². The quantitative estimate of drug-likeness (QED) is 0.582. The van der Waals surface area contributed by atoms with Crippen molar-refractivity contribution in [2.24, 2.45) is 17.8 Å². The van der Waals surface area contributed by atoms with E-state index in [-0.39, 0.29) is 42.6 Å². The molecule has 1 aliphatic carbocycles. The SMILES string of the molecule is CCC(C)C(NC(=O)OCC1c2ccccc2-c2ccccc21)C(=O)N1C[C@@H](CC(=O)O)[C@H](C)C1. The maximum Gasteiger partial charge on any atom is 0.407 e. The number of carbonyl (C=O) groups excluding carboxylic acids is 2. The highest BCUT2D eigenvalue weighted by Gasteiger charge is 2.38. The van der Waals surface area contributed by atoms with E-state index in [0.29, 0.717) is 19.5 Å². The average Bonchev–Trinajstić information content (AvgIpc) is 3.37. The molecule has 0 bridgehead atoms. The van der Waals surface area contributed by atoms with Gasteiger partial charge in [0.1, 0.15) is 12.6 Å². The van der Waals surface area contributed by atoms with Gasteiger partial charge in [0.2, 0.25) is 5.91 Å². The molecule has 2 aromatic rings. The van der Waals surface area contributed by atoms with Crippen LogP contribution in [-0.2, 0) is 14.3 Å². The molecule has 35 heavy (non-hydrogen) atoms. The monoisotopic (exact) mass is 478 g/mol. The summed E-state index contributed by atoms with van der Waals surface area (Å²) in [6.45, 7) is 6.95. The van der Waals surface area contributed by atoms with Gasteiger partial charge in [-0.15, -0.1) is 0 Å². The number of carboxylic acids is 1. The van der Waals surface area contributed by atoms with Crippen LogP contribution in [0.2, 0.25) is 0 Å². The number of benzene rings is 2. The highest BCUT2D eigenvalue weighted by Crippen LogP contribution is 2.44. The maximum absolute atomic E-state index is 13.4. The second-order valence-corrected chi connectivity index (χ2v) is 9.91. The number of alkyl carbamates (subject to hydrolysis) is 1. The van der Waals surface area contributed by atoms with Crippen molar-refractivity contribution in [2.45, 2.75) is 45.6 Å². The van der Waals surface area contributed by atoms with E-state index in [2.05, 4.69) is 29.6 Å². The minimum absolute atomic E-state index is 0.0404. The van der Waals surface area contributed by atoms with Crippen LogP contribution >= 0.6 is 0 Å². The van der Waals surface area contributed by atoms with Crippen molar-refractivity contribution in [1.29, 1.82) is 0 Å². The number of likely N-dealkylation sites (tertiary alicyclic amines) is 1. The minimum atomic E-state index is -0.855. The maximum atomic E-state index is 13.4. The molecule has 2 unspecified atom stereocenters. The van der Waals surface area contributed by atoms with E-state index in [4.69, 9.17) is 9.84 Å². The number of nitrogens with one attached hydrogen (secondary N) is 1. The van der Waals surface area contributed by atoms with E-state index in [1.807, 2.05) is 45.0 Å². The number of carbonyl (C=O) groups is 3. The Morgan fingerprint density at radius 3 is 2.23 bits per heavy atom. The van der Waals surface area contributed by atoms with Gasteiger partial charge < -0.3 is 20.1 Å². The number of carboxylic acid groups (broad SMARTS) is 1. The molecule has 2 aliphatic rings. The van der Waals surface area contributed by atoms with Crippen molar-refractivity contribution >= 4 is 18.0 Å². The first-order valence-electron chi connectivity index (χ1n) is 12.4. The summed E-state index contributed by atoms with van der Waals surface area (Å²) < 4.78 is 5.67. The third kappa shape index (κ3) is 5.19. The minimum Gasteiger partial charge on any atom is -0.481 e. The first-order chi connectivity index (χ1) is 16.8. The van der Waals surface area contributed by atoms with Crippen LogP contribution in [-0.4, -0.2) is 53.7 Å². The van der Waals surface area contributed by atoms with E-state index < -0.39 is 18.1 Å². The molecule has 1 heterocycles. The number of hydrogen-bond donors (Lipinski definition) is 2. The summed E-state index contributed by atoms with van der Waals surface area (Å²) in [6.07, 6.45) is 0.140. The first-order valence-corrected chi connectivity index (χ1v) is 12.4. The van der Waals surface area contributed by atoms with Gasteiger partial charge in [-0.2, -0.15) is 0 Å². The molecule has 2 N–H and O–H groups in total. The summed E-state index contributed by atoms with van der Waals surface area (Å²) in [5.74, 6) is -1.15. The van der Waals surface area contributed by atoms with Crippen molar-refractivity contribution in [1.82, 2.24) is 10.2 Å². The van der Waals surface area contributed by atoms with Crippen molar-refractivity contribution in [3.8, 4) is 11.1 Å². The molecule has 186 valence electrons. The third-order valence-electron chi connectivity index (χ3n) is 7.61. The molecule has 4 atom stereocenters. The average molecular weight is 479 g/mol. The van der Waals surface area contributed by atoms with E-state index in [0.717, 1.165) is 22.3 Å². The third-order valence-corrected chi connectivity index (χ3v) is 7.61. The lowest BCUT2D eigenvalue weighted by Crippen LogP contribution is -2.51. The van der Waals surface area contributed by atoms with Crippen LogP contribution in [0.5, 0.6) is 0 Å². The summed E-state index contributed by atoms with van der Waals surface area (Å²) in [7, 11) is 0. The molecule has 7 nitrogen and oxygen atoms in total. The molecule has 4 rings (SSSR count). The van der Waals surface area contributed by atoms with Crippen molar-refractivity contribution in [2.75, 3.05) is 19.7 Å². The Bertz CT molecular complexity index is 1050. The molecule has 1 saturated heterocycles. The van der Waals surface area contributed by atoms with Crippen molar-refractivity contribution in [3.63, 3.8) is 0 Å². The summed E-state index contributed by atoms with van der Waals surface area (Å²) in [6, 6.07) is 15.6. The second-order valence-electron chi connectivity index (χ2n) is 9.91. The Kier molecular flexibility index (Phi) is 7.43. The lowest BCUT2D eigenvalue weighted by molar-refractivity contribution is -0.139. The first kappa shape index (κ1) is 24.8. The second kappa shape index (κ2) is 10.5. The summed E-state index contributed by atoms with van der Waals surface area (Å²) in [4.78, 5) is 39.1. The molecule has 7 heteroatoms. The van der Waals surface area contributed by atoms with Gasteiger partial charge in [0.05, 0.1) is 6.42 Å². The number of nitrogens with zero attached hydrogens (tertiary/aromatic N) is 1. The smallest absolute Gasteiger partial charge is 0.407 e. The van der Waals surface area contributed by atoms with E-state index in [9.17, 15) is 14.4 Å².